The Hall–Kier alpha value is -2.83. The molecule has 0 bridgehead atoms. The second kappa shape index (κ2) is 11.2. The number of aromatic nitrogens is 2. The number of aryl methyl sites for hydroxylation is 4. The molecule has 0 fully saturated rings. The predicted molar refractivity (Wildman–Crippen MR) is 127 cm³/mol. The maximum atomic E-state index is 10.4. The molecule has 172 valence electrons. The predicted octanol–water partition coefficient (Wildman–Crippen LogP) is 4.07. The van der Waals surface area contributed by atoms with Crippen LogP contribution in [0.1, 0.15) is 28.1 Å². The van der Waals surface area contributed by atoms with Crippen molar-refractivity contribution >= 4 is 0 Å². The third-order valence-electron chi connectivity index (χ3n) is 5.34. The number of rotatable bonds is 11. The molecule has 1 aromatic heterocycles. The van der Waals surface area contributed by atoms with E-state index in [4.69, 9.17) is 9.47 Å². The fourth-order valence-corrected chi connectivity index (χ4v) is 3.78. The Labute approximate surface area is 191 Å². The molecule has 0 saturated carbocycles. The molecule has 0 amide bonds. The van der Waals surface area contributed by atoms with E-state index in [-0.39, 0.29) is 6.61 Å². The smallest absolute Gasteiger partial charge is 0.122 e. The van der Waals surface area contributed by atoms with Crippen molar-refractivity contribution in [1.82, 2.24) is 14.7 Å². The lowest BCUT2D eigenvalue weighted by atomic mass is 10.1. The molecular weight excluding hydrogens is 402 g/mol. The van der Waals surface area contributed by atoms with E-state index < -0.39 is 6.10 Å². The van der Waals surface area contributed by atoms with Gasteiger partial charge in [-0.2, -0.15) is 5.10 Å². The Kier molecular flexibility index (Phi) is 8.31. The van der Waals surface area contributed by atoms with Gasteiger partial charge in [-0.3, -0.25) is 9.58 Å². The summed E-state index contributed by atoms with van der Waals surface area (Å²) in [4.78, 5) is 2.09. The summed E-state index contributed by atoms with van der Waals surface area (Å²) in [5, 5.41) is 14.8. The third kappa shape index (κ3) is 7.11. The lowest BCUT2D eigenvalue weighted by Crippen LogP contribution is -2.32. The van der Waals surface area contributed by atoms with E-state index in [1.807, 2.05) is 49.8 Å². The summed E-state index contributed by atoms with van der Waals surface area (Å²) in [6.07, 6.45) is -0.558. The Bertz CT molecular complexity index is 998. The van der Waals surface area contributed by atoms with Gasteiger partial charge >= 0.3 is 0 Å². The van der Waals surface area contributed by atoms with Gasteiger partial charge in [0.25, 0.3) is 0 Å². The molecule has 0 aliphatic carbocycles. The number of likely N-dealkylation sites (N-methyl/N-ethyl adjacent to an activating group) is 1. The maximum Gasteiger partial charge on any atom is 0.122 e. The van der Waals surface area contributed by atoms with E-state index in [1.54, 1.807) is 0 Å². The minimum atomic E-state index is -0.558. The van der Waals surface area contributed by atoms with Crippen molar-refractivity contribution in [2.45, 2.75) is 46.9 Å². The van der Waals surface area contributed by atoms with Gasteiger partial charge in [-0.25, -0.2) is 0 Å². The fourth-order valence-electron chi connectivity index (χ4n) is 3.78. The number of hydrogen-bond acceptors (Lipinski definition) is 5. The second-order valence-corrected chi connectivity index (χ2v) is 8.57. The van der Waals surface area contributed by atoms with E-state index in [0.717, 1.165) is 41.5 Å². The van der Waals surface area contributed by atoms with Gasteiger partial charge in [0.05, 0.1) is 12.2 Å². The number of aliphatic hydroxyl groups excluding tert-OH is 1. The van der Waals surface area contributed by atoms with Crippen LogP contribution < -0.4 is 9.47 Å². The normalized spacial score (nSPS) is 12.2. The molecule has 1 N–H and O–H groups in total. The first kappa shape index (κ1) is 23.8. The summed E-state index contributed by atoms with van der Waals surface area (Å²) < 4.78 is 13.6. The number of hydrogen-bond donors (Lipinski definition) is 1. The molecule has 0 radical (unpaired) electrons. The van der Waals surface area contributed by atoms with Crippen molar-refractivity contribution in [2.75, 3.05) is 26.8 Å². The monoisotopic (exact) mass is 437 g/mol. The summed E-state index contributed by atoms with van der Waals surface area (Å²) in [5.74, 6) is 1.67. The number of nitrogens with zero attached hydrogens (tertiary/aromatic N) is 3. The molecule has 6 heteroatoms. The van der Waals surface area contributed by atoms with Crippen molar-refractivity contribution in [1.29, 1.82) is 0 Å². The summed E-state index contributed by atoms with van der Waals surface area (Å²) in [7, 11) is 2.00. The van der Waals surface area contributed by atoms with Crippen LogP contribution in [0.15, 0.2) is 48.5 Å². The minimum absolute atomic E-state index is 0.274. The van der Waals surface area contributed by atoms with Gasteiger partial charge in [0, 0.05) is 18.8 Å². The van der Waals surface area contributed by atoms with Crippen LogP contribution in [0, 0.1) is 27.7 Å². The van der Waals surface area contributed by atoms with Crippen molar-refractivity contribution in [3.05, 3.63) is 76.6 Å². The van der Waals surface area contributed by atoms with Crippen molar-refractivity contribution in [2.24, 2.45) is 0 Å². The van der Waals surface area contributed by atoms with Gasteiger partial charge in [0.1, 0.15) is 30.8 Å². The highest BCUT2D eigenvalue weighted by molar-refractivity contribution is 5.35. The summed E-state index contributed by atoms with van der Waals surface area (Å²) >= 11 is 0. The van der Waals surface area contributed by atoms with E-state index >= 15 is 0 Å². The molecule has 3 rings (SSSR count). The molecule has 0 spiro atoms. The van der Waals surface area contributed by atoms with Gasteiger partial charge in [-0.1, -0.05) is 29.8 Å². The standard InChI is InChI=1S/C26H35N3O3/c1-19-6-11-26(20(2)14-19)32-18-24(30)17-28(5)16-23-7-9-25(10-8-23)31-13-12-29-22(4)15-21(3)27-29/h6-11,14-15,24,30H,12-13,16-18H2,1-5H3/t24-/m1/s1. The molecule has 2 aromatic carbocycles. The van der Waals surface area contributed by atoms with Gasteiger partial charge in [0.2, 0.25) is 0 Å². The van der Waals surface area contributed by atoms with Crippen molar-refractivity contribution in [3.8, 4) is 11.5 Å². The van der Waals surface area contributed by atoms with Crippen LogP contribution in [0.3, 0.4) is 0 Å². The van der Waals surface area contributed by atoms with Crippen LogP contribution in [-0.2, 0) is 13.1 Å². The minimum Gasteiger partial charge on any atom is -0.492 e. The zero-order chi connectivity index (χ0) is 23.1. The molecule has 1 heterocycles. The molecule has 0 unspecified atom stereocenters. The van der Waals surface area contributed by atoms with Gasteiger partial charge in [-0.05, 0) is 70.1 Å². The highest BCUT2D eigenvalue weighted by atomic mass is 16.5. The SMILES string of the molecule is Cc1ccc(OC[C@H](O)CN(C)Cc2ccc(OCCn3nc(C)cc3C)cc2)c(C)c1. The highest BCUT2D eigenvalue weighted by Crippen LogP contribution is 2.19. The van der Waals surface area contributed by atoms with Crippen LogP contribution in [0.25, 0.3) is 0 Å². The lowest BCUT2D eigenvalue weighted by molar-refractivity contribution is 0.0741. The first-order valence-corrected chi connectivity index (χ1v) is 11.1. The van der Waals surface area contributed by atoms with E-state index in [9.17, 15) is 5.11 Å². The van der Waals surface area contributed by atoms with Crippen molar-refractivity contribution in [3.63, 3.8) is 0 Å². The lowest BCUT2D eigenvalue weighted by Gasteiger charge is -2.21. The Morgan fingerprint density at radius 2 is 1.75 bits per heavy atom. The molecule has 0 aliphatic heterocycles. The summed E-state index contributed by atoms with van der Waals surface area (Å²) in [6, 6.07) is 16.2. The molecule has 6 nitrogen and oxygen atoms in total. The number of benzene rings is 2. The molecule has 0 saturated heterocycles. The summed E-state index contributed by atoms with van der Waals surface area (Å²) in [5.41, 5.74) is 5.63. The number of ether oxygens (including phenoxy) is 2. The highest BCUT2D eigenvalue weighted by Gasteiger charge is 2.11. The van der Waals surface area contributed by atoms with Gasteiger partial charge in [0.15, 0.2) is 0 Å². The number of aliphatic hydroxyl groups is 1. The zero-order valence-corrected chi connectivity index (χ0v) is 19.8. The van der Waals surface area contributed by atoms with E-state index in [2.05, 4.69) is 48.1 Å². The van der Waals surface area contributed by atoms with E-state index in [0.29, 0.717) is 13.2 Å². The topological polar surface area (TPSA) is 59.8 Å². The van der Waals surface area contributed by atoms with Crippen LogP contribution in [0.5, 0.6) is 11.5 Å². The average Bonchev–Trinajstić information content (AvgIpc) is 3.05. The van der Waals surface area contributed by atoms with Crippen LogP contribution in [0.4, 0.5) is 0 Å². The van der Waals surface area contributed by atoms with Gasteiger partial charge < -0.3 is 14.6 Å². The van der Waals surface area contributed by atoms with Crippen LogP contribution in [-0.4, -0.2) is 52.7 Å². The largest absolute Gasteiger partial charge is 0.492 e. The first-order chi connectivity index (χ1) is 15.3. The molecule has 0 aliphatic rings. The third-order valence-corrected chi connectivity index (χ3v) is 5.34. The van der Waals surface area contributed by atoms with E-state index in [1.165, 1.54) is 11.1 Å². The molecular formula is C26H35N3O3. The zero-order valence-electron chi connectivity index (χ0n) is 19.8. The van der Waals surface area contributed by atoms with Crippen LogP contribution >= 0.6 is 0 Å². The quantitative estimate of drug-likeness (QED) is 0.490. The average molecular weight is 438 g/mol. The van der Waals surface area contributed by atoms with Crippen molar-refractivity contribution < 1.29 is 14.6 Å². The Morgan fingerprint density at radius 1 is 1.00 bits per heavy atom. The molecule has 3 aromatic rings. The first-order valence-electron chi connectivity index (χ1n) is 11.1. The van der Waals surface area contributed by atoms with Gasteiger partial charge in [-0.15, -0.1) is 0 Å². The fraction of sp³-hybridized carbons (Fsp3) is 0.423. The Balaban J connectivity index is 1.39. The van der Waals surface area contributed by atoms with Crippen LogP contribution in [0.2, 0.25) is 0 Å². The Morgan fingerprint density at radius 3 is 2.41 bits per heavy atom. The second-order valence-electron chi connectivity index (χ2n) is 8.57. The summed E-state index contributed by atoms with van der Waals surface area (Å²) in [6.45, 7) is 11.0. The molecule has 32 heavy (non-hydrogen) atoms. The molecule has 1 atom stereocenters. The maximum absolute atomic E-state index is 10.4.